The summed E-state index contributed by atoms with van der Waals surface area (Å²) in [5, 5.41) is 3.16. The molecule has 0 unspecified atom stereocenters. The Morgan fingerprint density at radius 3 is 3.11 bits per heavy atom. The van der Waals surface area contributed by atoms with Crippen LogP contribution < -0.4 is 5.32 Å². The highest BCUT2D eigenvalue weighted by molar-refractivity contribution is 6.31. The molecule has 1 N–H and O–H groups in total. The smallest absolute Gasteiger partial charge is 0.273 e. The molecule has 18 heavy (non-hydrogen) atoms. The Morgan fingerprint density at radius 2 is 2.44 bits per heavy atom. The minimum atomic E-state index is -0.353. The zero-order chi connectivity index (χ0) is 13.0. The Kier molecular flexibility index (Phi) is 3.74. The van der Waals surface area contributed by atoms with E-state index in [0.717, 1.165) is 0 Å². The van der Waals surface area contributed by atoms with Crippen molar-refractivity contribution in [1.82, 2.24) is 15.3 Å². The van der Waals surface area contributed by atoms with Crippen LogP contribution in [0.5, 0.6) is 0 Å². The van der Waals surface area contributed by atoms with Crippen LogP contribution in [0.1, 0.15) is 22.1 Å². The van der Waals surface area contributed by atoms with Crippen molar-refractivity contribution in [2.75, 3.05) is 0 Å². The van der Waals surface area contributed by atoms with Crippen molar-refractivity contribution in [1.29, 1.82) is 0 Å². The molecule has 2 rings (SSSR count). The Bertz CT molecular complexity index is 580. The maximum atomic E-state index is 11.7. The summed E-state index contributed by atoms with van der Waals surface area (Å²) in [6, 6.07) is 3.43. The minimum Gasteiger partial charge on any atom is -0.444 e. The summed E-state index contributed by atoms with van der Waals surface area (Å²) in [6.07, 6.45) is 4.30. The van der Waals surface area contributed by atoms with Gasteiger partial charge in [-0.2, -0.15) is 0 Å². The highest BCUT2D eigenvalue weighted by Crippen LogP contribution is 2.11. The van der Waals surface area contributed by atoms with Crippen molar-refractivity contribution in [3.8, 4) is 0 Å². The summed E-state index contributed by atoms with van der Waals surface area (Å²) in [6.45, 7) is 3.72. The van der Waals surface area contributed by atoms with E-state index in [1.54, 1.807) is 18.3 Å². The highest BCUT2D eigenvalue weighted by Gasteiger charge is 2.11. The van der Waals surface area contributed by atoms with E-state index in [2.05, 4.69) is 21.9 Å². The monoisotopic (exact) mass is 263 g/mol. The number of nitrogens with one attached hydrogen (secondary N) is 1. The molecule has 0 atom stereocenters. The Balaban J connectivity index is 2.00. The first kappa shape index (κ1) is 12.3. The van der Waals surface area contributed by atoms with E-state index in [9.17, 15) is 4.79 Å². The van der Waals surface area contributed by atoms with Crippen molar-refractivity contribution >= 4 is 23.6 Å². The van der Waals surface area contributed by atoms with Gasteiger partial charge in [0.25, 0.3) is 5.91 Å². The van der Waals surface area contributed by atoms with Crippen LogP contribution >= 0.6 is 11.6 Å². The van der Waals surface area contributed by atoms with Gasteiger partial charge in [0.15, 0.2) is 5.69 Å². The summed E-state index contributed by atoms with van der Waals surface area (Å²) in [5.41, 5.74) is 0.789. The van der Waals surface area contributed by atoms with E-state index >= 15 is 0 Å². The van der Waals surface area contributed by atoms with Gasteiger partial charge in [-0.25, -0.2) is 4.98 Å². The molecule has 0 aliphatic carbocycles. The highest BCUT2D eigenvalue weighted by atomic mass is 35.5. The van der Waals surface area contributed by atoms with Crippen LogP contribution in [-0.4, -0.2) is 15.9 Å². The molecule has 0 bridgehead atoms. The van der Waals surface area contributed by atoms with E-state index in [-0.39, 0.29) is 18.1 Å². The van der Waals surface area contributed by atoms with Crippen molar-refractivity contribution in [3.63, 3.8) is 0 Å². The van der Waals surface area contributed by atoms with Crippen LogP contribution in [0.3, 0.4) is 0 Å². The molecule has 0 aliphatic rings. The molecular weight excluding hydrogens is 254 g/mol. The van der Waals surface area contributed by atoms with Gasteiger partial charge in [-0.05, 0) is 18.2 Å². The summed E-state index contributed by atoms with van der Waals surface area (Å²) in [5.74, 6) is -0.0513. The number of halogens is 1. The Labute approximate surface area is 109 Å². The number of hydrogen-bond acceptors (Lipinski definition) is 4. The fourth-order valence-corrected chi connectivity index (χ4v) is 1.48. The second-order valence-electron chi connectivity index (χ2n) is 3.39. The predicted molar refractivity (Wildman–Crippen MR) is 67.0 cm³/mol. The van der Waals surface area contributed by atoms with Crippen molar-refractivity contribution in [2.24, 2.45) is 0 Å². The summed E-state index contributed by atoms with van der Waals surface area (Å²) >= 11 is 5.92. The summed E-state index contributed by atoms with van der Waals surface area (Å²) in [7, 11) is 0. The quantitative estimate of drug-likeness (QED) is 0.919. The topological polar surface area (TPSA) is 68.0 Å². The van der Waals surface area contributed by atoms with Crippen molar-refractivity contribution in [2.45, 2.75) is 6.54 Å². The SMILES string of the molecule is C=Cc1nc(C(=O)NCc2ncccc2Cl)co1. The molecule has 0 radical (unpaired) electrons. The van der Waals surface area contributed by atoms with Gasteiger partial charge in [0.05, 0.1) is 17.3 Å². The van der Waals surface area contributed by atoms with Gasteiger partial charge in [-0.15, -0.1) is 0 Å². The van der Waals surface area contributed by atoms with E-state index in [1.807, 2.05) is 0 Å². The Hall–Kier alpha value is -2.14. The van der Waals surface area contributed by atoms with Gasteiger partial charge in [0.1, 0.15) is 6.26 Å². The molecule has 1 amide bonds. The number of carbonyl (C=O) groups is 1. The number of aromatic nitrogens is 2. The van der Waals surface area contributed by atoms with Gasteiger partial charge >= 0.3 is 0 Å². The lowest BCUT2D eigenvalue weighted by atomic mass is 10.3. The molecular formula is C12H10ClN3O2. The number of pyridine rings is 1. The van der Waals surface area contributed by atoms with Gasteiger partial charge in [0.2, 0.25) is 5.89 Å². The number of hydrogen-bond donors (Lipinski definition) is 1. The lowest BCUT2D eigenvalue weighted by molar-refractivity contribution is 0.0945. The summed E-state index contributed by atoms with van der Waals surface area (Å²) < 4.78 is 4.98. The molecule has 5 nitrogen and oxygen atoms in total. The van der Waals surface area contributed by atoms with Crippen LogP contribution in [0.25, 0.3) is 6.08 Å². The lowest BCUT2D eigenvalue weighted by Crippen LogP contribution is -2.23. The van der Waals surface area contributed by atoms with Gasteiger partial charge in [-0.3, -0.25) is 9.78 Å². The maximum Gasteiger partial charge on any atom is 0.273 e. The largest absolute Gasteiger partial charge is 0.444 e. The standard InChI is InChI=1S/C12H10ClN3O2/c1-2-11-16-10(7-18-11)12(17)15-6-9-8(13)4-3-5-14-9/h2-5,7H,1,6H2,(H,15,17). The van der Waals surface area contributed by atoms with E-state index in [1.165, 1.54) is 12.3 Å². The number of carbonyl (C=O) groups excluding carboxylic acids is 1. The van der Waals surface area contributed by atoms with Crippen LogP contribution in [0.15, 0.2) is 35.6 Å². The molecule has 0 saturated carbocycles. The lowest BCUT2D eigenvalue weighted by Gasteiger charge is -2.03. The Morgan fingerprint density at radius 1 is 1.61 bits per heavy atom. The molecule has 2 aromatic heterocycles. The van der Waals surface area contributed by atoms with Crippen molar-refractivity contribution in [3.05, 3.63) is 53.5 Å². The first-order valence-corrected chi connectivity index (χ1v) is 5.54. The first-order chi connectivity index (χ1) is 8.70. The summed E-state index contributed by atoms with van der Waals surface area (Å²) in [4.78, 5) is 19.7. The second-order valence-corrected chi connectivity index (χ2v) is 3.80. The molecule has 6 heteroatoms. The zero-order valence-electron chi connectivity index (χ0n) is 9.39. The van der Waals surface area contributed by atoms with Crippen LogP contribution in [0, 0.1) is 0 Å². The average molecular weight is 264 g/mol. The van der Waals surface area contributed by atoms with E-state index < -0.39 is 0 Å². The molecule has 2 aromatic rings. The van der Waals surface area contributed by atoms with Gasteiger partial charge in [0, 0.05) is 6.20 Å². The maximum absolute atomic E-state index is 11.7. The molecule has 2 heterocycles. The van der Waals surface area contributed by atoms with E-state index in [4.69, 9.17) is 16.0 Å². The number of oxazole rings is 1. The van der Waals surface area contributed by atoms with Gasteiger partial charge < -0.3 is 9.73 Å². The minimum absolute atomic E-state index is 0.192. The second kappa shape index (κ2) is 5.46. The van der Waals surface area contributed by atoms with Crippen LogP contribution in [-0.2, 0) is 6.54 Å². The average Bonchev–Trinajstić information content (AvgIpc) is 2.86. The molecule has 0 spiro atoms. The number of rotatable bonds is 4. The van der Waals surface area contributed by atoms with Crippen LogP contribution in [0.2, 0.25) is 5.02 Å². The molecule has 0 aliphatic heterocycles. The molecule has 92 valence electrons. The van der Waals surface area contributed by atoms with Crippen molar-refractivity contribution < 1.29 is 9.21 Å². The molecule has 0 fully saturated rings. The number of nitrogens with zero attached hydrogens (tertiary/aromatic N) is 2. The van der Waals surface area contributed by atoms with Crippen LogP contribution in [0.4, 0.5) is 0 Å². The molecule has 0 aromatic carbocycles. The first-order valence-electron chi connectivity index (χ1n) is 5.16. The fourth-order valence-electron chi connectivity index (χ4n) is 1.29. The normalized spacial score (nSPS) is 10.1. The third-order valence-corrected chi connectivity index (χ3v) is 2.52. The third-order valence-electron chi connectivity index (χ3n) is 2.18. The zero-order valence-corrected chi connectivity index (χ0v) is 10.1. The predicted octanol–water partition coefficient (Wildman–Crippen LogP) is 2.30. The van der Waals surface area contributed by atoms with E-state index in [0.29, 0.717) is 16.6 Å². The number of amides is 1. The molecule has 0 saturated heterocycles. The fraction of sp³-hybridized carbons (Fsp3) is 0.0833. The van der Waals surface area contributed by atoms with Gasteiger partial charge in [-0.1, -0.05) is 18.2 Å². The third kappa shape index (κ3) is 2.75.